The Bertz CT molecular complexity index is 488. The SMILES string of the molecule is CCCN1CCC(C(=O)O)(c2ccc(C)cc2C)CC1. The second kappa shape index (κ2) is 5.96. The fraction of sp³-hybridized carbons (Fsp3) is 0.588. The predicted octanol–water partition coefficient (Wildman–Crippen LogP) is 3.13. The molecule has 1 aliphatic heterocycles. The fourth-order valence-corrected chi connectivity index (χ4v) is 3.42. The summed E-state index contributed by atoms with van der Waals surface area (Å²) in [5.41, 5.74) is 2.61. The van der Waals surface area contributed by atoms with E-state index in [-0.39, 0.29) is 0 Å². The van der Waals surface area contributed by atoms with Crippen LogP contribution in [0.4, 0.5) is 0 Å². The van der Waals surface area contributed by atoms with Crippen LogP contribution in [0.3, 0.4) is 0 Å². The van der Waals surface area contributed by atoms with Gasteiger partial charge in [0.2, 0.25) is 0 Å². The Balaban J connectivity index is 2.30. The summed E-state index contributed by atoms with van der Waals surface area (Å²) in [5.74, 6) is -0.666. The van der Waals surface area contributed by atoms with Crippen molar-refractivity contribution < 1.29 is 9.90 Å². The fourth-order valence-electron chi connectivity index (χ4n) is 3.42. The van der Waals surface area contributed by atoms with Gasteiger partial charge in [-0.2, -0.15) is 0 Å². The summed E-state index contributed by atoms with van der Waals surface area (Å²) in [6.45, 7) is 9.09. The molecule has 1 aromatic carbocycles. The Labute approximate surface area is 121 Å². The molecule has 3 nitrogen and oxygen atoms in total. The number of hydrogen-bond donors (Lipinski definition) is 1. The molecule has 0 aromatic heterocycles. The largest absolute Gasteiger partial charge is 0.481 e. The van der Waals surface area contributed by atoms with E-state index in [1.807, 2.05) is 26.0 Å². The van der Waals surface area contributed by atoms with Gasteiger partial charge in [0.15, 0.2) is 0 Å². The molecular weight excluding hydrogens is 250 g/mol. The summed E-state index contributed by atoms with van der Waals surface area (Å²) in [7, 11) is 0. The Kier molecular flexibility index (Phi) is 4.48. The second-order valence-electron chi connectivity index (χ2n) is 6.05. The van der Waals surface area contributed by atoms with Crippen molar-refractivity contribution in [2.45, 2.75) is 45.4 Å². The van der Waals surface area contributed by atoms with Crippen molar-refractivity contribution in [1.82, 2.24) is 4.90 Å². The lowest BCUT2D eigenvalue weighted by Crippen LogP contribution is -2.47. The Hall–Kier alpha value is -1.35. The predicted molar refractivity (Wildman–Crippen MR) is 81.2 cm³/mol. The number of aryl methyl sites for hydroxylation is 2. The van der Waals surface area contributed by atoms with Gasteiger partial charge in [-0.25, -0.2) is 0 Å². The van der Waals surface area contributed by atoms with Crippen LogP contribution in [0.5, 0.6) is 0 Å². The van der Waals surface area contributed by atoms with Gasteiger partial charge >= 0.3 is 5.97 Å². The molecule has 0 spiro atoms. The maximum atomic E-state index is 12.0. The molecule has 0 radical (unpaired) electrons. The first-order valence-corrected chi connectivity index (χ1v) is 7.53. The van der Waals surface area contributed by atoms with Crippen LogP contribution in [-0.2, 0) is 10.2 Å². The molecule has 0 saturated carbocycles. The van der Waals surface area contributed by atoms with Gasteiger partial charge in [0.05, 0.1) is 5.41 Å². The van der Waals surface area contributed by atoms with Gasteiger partial charge in [-0.1, -0.05) is 30.7 Å². The summed E-state index contributed by atoms with van der Waals surface area (Å²) in [4.78, 5) is 14.3. The smallest absolute Gasteiger partial charge is 0.314 e. The highest BCUT2D eigenvalue weighted by molar-refractivity contribution is 5.82. The number of aliphatic carboxylic acids is 1. The van der Waals surface area contributed by atoms with E-state index in [1.165, 1.54) is 5.56 Å². The Morgan fingerprint density at radius 2 is 1.95 bits per heavy atom. The topological polar surface area (TPSA) is 40.5 Å². The summed E-state index contributed by atoms with van der Waals surface area (Å²) in [6.07, 6.45) is 2.56. The lowest BCUT2D eigenvalue weighted by atomic mass is 9.71. The third kappa shape index (κ3) is 2.73. The standard InChI is InChI=1S/C17H25NO2/c1-4-9-18-10-7-17(8-11-18,16(19)20)15-6-5-13(2)12-14(15)3/h5-6,12H,4,7-11H2,1-3H3,(H,19,20). The highest BCUT2D eigenvalue weighted by Gasteiger charge is 2.43. The number of carbonyl (C=O) groups is 1. The maximum Gasteiger partial charge on any atom is 0.314 e. The lowest BCUT2D eigenvalue weighted by molar-refractivity contribution is -0.146. The zero-order valence-corrected chi connectivity index (χ0v) is 12.8. The molecule has 3 heteroatoms. The van der Waals surface area contributed by atoms with E-state index >= 15 is 0 Å². The molecule has 0 amide bonds. The molecule has 1 N–H and O–H groups in total. The van der Waals surface area contributed by atoms with Crippen LogP contribution >= 0.6 is 0 Å². The van der Waals surface area contributed by atoms with Crippen LogP contribution in [0, 0.1) is 13.8 Å². The molecule has 1 fully saturated rings. The van der Waals surface area contributed by atoms with E-state index in [1.54, 1.807) is 0 Å². The number of piperidine rings is 1. The number of hydrogen-bond acceptors (Lipinski definition) is 2. The van der Waals surface area contributed by atoms with E-state index < -0.39 is 11.4 Å². The molecule has 2 rings (SSSR count). The first kappa shape index (κ1) is 15.0. The minimum Gasteiger partial charge on any atom is -0.481 e. The number of benzene rings is 1. The van der Waals surface area contributed by atoms with E-state index in [0.29, 0.717) is 12.8 Å². The number of likely N-dealkylation sites (tertiary alicyclic amines) is 1. The van der Waals surface area contributed by atoms with Crippen LogP contribution in [-0.4, -0.2) is 35.6 Å². The molecule has 1 aromatic rings. The molecule has 0 atom stereocenters. The van der Waals surface area contributed by atoms with Gasteiger partial charge in [-0.05, 0) is 63.9 Å². The zero-order chi connectivity index (χ0) is 14.8. The van der Waals surface area contributed by atoms with Crippen molar-refractivity contribution >= 4 is 5.97 Å². The van der Waals surface area contributed by atoms with Gasteiger partial charge in [0.25, 0.3) is 0 Å². The summed E-state index contributed by atoms with van der Waals surface area (Å²) < 4.78 is 0. The molecule has 0 aliphatic carbocycles. The quantitative estimate of drug-likeness (QED) is 0.917. The van der Waals surface area contributed by atoms with E-state index in [4.69, 9.17) is 0 Å². The third-order valence-electron chi connectivity index (χ3n) is 4.56. The normalized spacial score (nSPS) is 18.9. The highest BCUT2D eigenvalue weighted by atomic mass is 16.4. The van der Waals surface area contributed by atoms with E-state index in [9.17, 15) is 9.90 Å². The first-order chi connectivity index (χ1) is 9.49. The van der Waals surface area contributed by atoms with Crippen LogP contribution in [0.15, 0.2) is 18.2 Å². The van der Waals surface area contributed by atoms with Gasteiger partial charge in [0.1, 0.15) is 0 Å². The minimum atomic E-state index is -0.692. The monoisotopic (exact) mass is 275 g/mol. The van der Waals surface area contributed by atoms with Gasteiger partial charge in [-0.15, -0.1) is 0 Å². The Morgan fingerprint density at radius 1 is 1.30 bits per heavy atom. The van der Waals surface area contributed by atoms with E-state index in [0.717, 1.165) is 37.2 Å². The molecule has 110 valence electrons. The second-order valence-corrected chi connectivity index (χ2v) is 6.05. The average molecular weight is 275 g/mol. The summed E-state index contributed by atoms with van der Waals surface area (Å²) >= 11 is 0. The van der Waals surface area contributed by atoms with Crippen molar-refractivity contribution in [1.29, 1.82) is 0 Å². The summed E-state index contributed by atoms with van der Waals surface area (Å²) in [5, 5.41) is 9.83. The van der Waals surface area contributed by atoms with E-state index in [2.05, 4.69) is 17.9 Å². The lowest BCUT2D eigenvalue weighted by Gasteiger charge is -2.40. The molecule has 0 unspecified atom stereocenters. The highest BCUT2D eigenvalue weighted by Crippen LogP contribution is 2.38. The number of rotatable bonds is 4. The molecular formula is C17H25NO2. The minimum absolute atomic E-state index is 0.666. The zero-order valence-electron chi connectivity index (χ0n) is 12.8. The van der Waals surface area contributed by atoms with Gasteiger partial charge in [-0.3, -0.25) is 4.79 Å². The number of carboxylic acids is 1. The maximum absolute atomic E-state index is 12.0. The van der Waals surface area contributed by atoms with Crippen LogP contribution in [0.1, 0.15) is 42.9 Å². The molecule has 20 heavy (non-hydrogen) atoms. The average Bonchev–Trinajstić information content (AvgIpc) is 2.40. The van der Waals surface area contributed by atoms with Crippen molar-refractivity contribution in [3.63, 3.8) is 0 Å². The molecule has 1 aliphatic rings. The molecule has 1 heterocycles. The van der Waals surface area contributed by atoms with Crippen LogP contribution < -0.4 is 0 Å². The van der Waals surface area contributed by atoms with Gasteiger partial charge < -0.3 is 10.0 Å². The first-order valence-electron chi connectivity index (χ1n) is 7.53. The van der Waals surface area contributed by atoms with Gasteiger partial charge in [0, 0.05) is 0 Å². The number of carboxylic acid groups (broad SMARTS) is 1. The molecule has 0 bridgehead atoms. The summed E-state index contributed by atoms with van der Waals surface area (Å²) in [6, 6.07) is 6.15. The van der Waals surface area contributed by atoms with Crippen LogP contribution in [0.25, 0.3) is 0 Å². The van der Waals surface area contributed by atoms with Crippen LogP contribution in [0.2, 0.25) is 0 Å². The molecule has 1 saturated heterocycles. The van der Waals surface area contributed by atoms with Crippen molar-refractivity contribution in [2.24, 2.45) is 0 Å². The van der Waals surface area contributed by atoms with Crippen molar-refractivity contribution in [3.8, 4) is 0 Å². The Morgan fingerprint density at radius 3 is 2.45 bits per heavy atom. The third-order valence-corrected chi connectivity index (χ3v) is 4.56. The van der Waals surface area contributed by atoms with Crippen molar-refractivity contribution in [2.75, 3.05) is 19.6 Å². The van der Waals surface area contributed by atoms with Crippen molar-refractivity contribution in [3.05, 3.63) is 34.9 Å². The number of nitrogens with zero attached hydrogens (tertiary/aromatic N) is 1.